The van der Waals surface area contributed by atoms with Gasteiger partial charge in [-0.15, -0.1) is 0 Å². The molecule has 0 saturated carbocycles. The molecule has 0 radical (unpaired) electrons. The van der Waals surface area contributed by atoms with Crippen LogP contribution in [0.4, 0.5) is 0 Å². The minimum atomic E-state index is -0.540. The first kappa shape index (κ1) is 18.1. The lowest BCUT2D eigenvalue weighted by Gasteiger charge is -2.29. The summed E-state index contributed by atoms with van der Waals surface area (Å²) in [6.45, 7) is 3.62. The molecule has 0 unspecified atom stereocenters. The number of aryl methyl sites for hydroxylation is 2. The van der Waals surface area contributed by atoms with Gasteiger partial charge >= 0.3 is 5.63 Å². The molecule has 3 aromatic rings. The minimum Gasteiger partial charge on any atom is -0.497 e. The van der Waals surface area contributed by atoms with E-state index in [1.807, 2.05) is 13.0 Å². The topological polar surface area (TPSA) is 75.0 Å². The molecule has 0 spiro atoms. The number of ketones is 1. The van der Waals surface area contributed by atoms with Gasteiger partial charge in [-0.2, -0.15) is 0 Å². The van der Waals surface area contributed by atoms with Crippen LogP contribution in [-0.4, -0.2) is 20.0 Å². The molecule has 6 nitrogen and oxygen atoms in total. The maximum atomic E-state index is 13.0. The zero-order valence-corrected chi connectivity index (χ0v) is 16.1. The number of fused-ring (bicyclic) bond motifs is 3. The first-order valence-electron chi connectivity index (χ1n) is 8.92. The van der Waals surface area contributed by atoms with Gasteiger partial charge in [-0.1, -0.05) is 0 Å². The van der Waals surface area contributed by atoms with Gasteiger partial charge in [-0.05, 0) is 49.2 Å². The van der Waals surface area contributed by atoms with E-state index in [2.05, 4.69) is 0 Å². The molecule has 2 aromatic carbocycles. The summed E-state index contributed by atoms with van der Waals surface area (Å²) >= 11 is 0. The minimum absolute atomic E-state index is 0.0267. The molecule has 0 amide bonds. The second-order valence-corrected chi connectivity index (χ2v) is 6.86. The SMILES string of the molecule is COc1ccc(OC)c([C@H]2CC(=O)c3c(C)cc4oc(=O)cc(C)c4c3O2)c1. The monoisotopic (exact) mass is 380 g/mol. The second kappa shape index (κ2) is 6.71. The molecule has 1 aliphatic heterocycles. The molecule has 2 heterocycles. The maximum Gasteiger partial charge on any atom is 0.336 e. The summed E-state index contributed by atoms with van der Waals surface area (Å²) in [5.74, 6) is 1.68. The van der Waals surface area contributed by atoms with Crippen molar-refractivity contribution in [1.82, 2.24) is 0 Å². The van der Waals surface area contributed by atoms with E-state index in [0.29, 0.717) is 39.3 Å². The molecule has 1 atom stereocenters. The maximum absolute atomic E-state index is 13.0. The molecule has 0 aliphatic carbocycles. The average Bonchev–Trinajstić information content (AvgIpc) is 2.66. The number of carbonyl (C=O) groups excluding carboxylic acids is 1. The second-order valence-electron chi connectivity index (χ2n) is 6.86. The van der Waals surface area contributed by atoms with Crippen LogP contribution in [0.5, 0.6) is 17.2 Å². The zero-order valence-electron chi connectivity index (χ0n) is 16.1. The van der Waals surface area contributed by atoms with Gasteiger partial charge in [-0.3, -0.25) is 4.79 Å². The molecule has 28 heavy (non-hydrogen) atoms. The molecule has 4 rings (SSSR count). The number of methoxy groups -OCH3 is 2. The fraction of sp³-hybridized carbons (Fsp3) is 0.273. The smallest absolute Gasteiger partial charge is 0.336 e. The Labute approximate surface area is 161 Å². The number of Topliss-reactive ketones (excluding diaryl/α,β-unsaturated/α-hetero) is 1. The number of carbonyl (C=O) groups is 1. The standard InChI is InChI=1S/C22H20O6/c1-11-7-18-21(12(2)8-19(24)27-18)22-20(11)15(23)10-17(28-22)14-9-13(25-3)5-6-16(14)26-4/h5-9,17H,10H2,1-4H3/t17-/m1/s1. The fourth-order valence-corrected chi connectivity index (χ4v) is 3.78. The van der Waals surface area contributed by atoms with E-state index < -0.39 is 11.7 Å². The fourth-order valence-electron chi connectivity index (χ4n) is 3.78. The Morgan fingerprint density at radius 3 is 2.50 bits per heavy atom. The van der Waals surface area contributed by atoms with Crippen LogP contribution in [-0.2, 0) is 0 Å². The Hall–Kier alpha value is -3.28. The van der Waals surface area contributed by atoms with E-state index in [4.69, 9.17) is 18.6 Å². The van der Waals surface area contributed by atoms with Crippen molar-refractivity contribution in [3.05, 3.63) is 63.0 Å². The molecule has 144 valence electrons. The number of hydrogen-bond donors (Lipinski definition) is 0. The first-order chi connectivity index (χ1) is 13.4. The summed E-state index contributed by atoms with van der Waals surface area (Å²) in [7, 11) is 3.15. The van der Waals surface area contributed by atoms with Crippen molar-refractivity contribution in [1.29, 1.82) is 0 Å². The van der Waals surface area contributed by atoms with Gasteiger partial charge < -0.3 is 18.6 Å². The number of ether oxygens (including phenoxy) is 3. The van der Waals surface area contributed by atoms with Crippen LogP contribution in [0.15, 0.2) is 39.5 Å². The molecule has 6 heteroatoms. The van der Waals surface area contributed by atoms with E-state index in [9.17, 15) is 9.59 Å². The van der Waals surface area contributed by atoms with Crippen molar-refractivity contribution in [2.45, 2.75) is 26.4 Å². The largest absolute Gasteiger partial charge is 0.497 e. The van der Waals surface area contributed by atoms with Crippen LogP contribution >= 0.6 is 0 Å². The Morgan fingerprint density at radius 2 is 1.79 bits per heavy atom. The molecular weight excluding hydrogens is 360 g/mol. The lowest BCUT2D eigenvalue weighted by molar-refractivity contribution is 0.0849. The van der Waals surface area contributed by atoms with Crippen molar-refractivity contribution >= 4 is 16.8 Å². The van der Waals surface area contributed by atoms with Crippen molar-refractivity contribution in [3.8, 4) is 17.2 Å². The van der Waals surface area contributed by atoms with Gasteiger partial charge in [0, 0.05) is 11.6 Å². The summed E-state index contributed by atoms with van der Waals surface area (Å²) in [6.07, 6.45) is -0.361. The zero-order chi connectivity index (χ0) is 20.0. The molecule has 1 aliphatic rings. The summed E-state index contributed by atoms with van der Waals surface area (Å²) in [5.41, 5.74) is 2.66. The van der Waals surface area contributed by atoms with Crippen molar-refractivity contribution in [2.24, 2.45) is 0 Å². The van der Waals surface area contributed by atoms with Crippen LogP contribution in [0, 0.1) is 13.8 Å². The Bertz CT molecular complexity index is 1160. The van der Waals surface area contributed by atoms with Crippen molar-refractivity contribution < 1.29 is 23.4 Å². The van der Waals surface area contributed by atoms with E-state index in [1.54, 1.807) is 39.3 Å². The van der Waals surface area contributed by atoms with E-state index >= 15 is 0 Å². The predicted molar refractivity (Wildman–Crippen MR) is 104 cm³/mol. The van der Waals surface area contributed by atoms with Crippen LogP contribution < -0.4 is 19.8 Å². The summed E-state index contributed by atoms with van der Waals surface area (Å²) in [4.78, 5) is 24.8. The van der Waals surface area contributed by atoms with Gasteiger partial charge in [0.15, 0.2) is 5.78 Å². The highest BCUT2D eigenvalue weighted by molar-refractivity contribution is 6.07. The Morgan fingerprint density at radius 1 is 1.00 bits per heavy atom. The molecule has 0 N–H and O–H groups in total. The van der Waals surface area contributed by atoms with Crippen LogP contribution in [0.1, 0.15) is 39.6 Å². The average molecular weight is 380 g/mol. The van der Waals surface area contributed by atoms with E-state index in [1.165, 1.54) is 6.07 Å². The normalized spacial score (nSPS) is 15.9. The number of rotatable bonds is 3. The predicted octanol–water partition coefficient (Wildman–Crippen LogP) is 4.13. The molecule has 0 fully saturated rings. The summed E-state index contributed by atoms with van der Waals surface area (Å²) in [6, 6.07) is 8.51. The Kier molecular flexibility index (Phi) is 4.34. The van der Waals surface area contributed by atoms with Crippen molar-refractivity contribution in [2.75, 3.05) is 14.2 Å². The molecule has 0 saturated heterocycles. The van der Waals surface area contributed by atoms with Gasteiger partial charge in [-0.25, -0.2) is 4.79 Å². The van der Waals surface area contributed by atoms with Crippen LogP contribution in [0.3, 0.4) is 0 Å². The van der Waals surface area contributed by atoms with Crippen molar-refractivity contribution in [3.63, 3.8) is 0 Å². The summed E-state index contributed by atoms with van der Waals surface area (Å²) < 4.78 is 22.5. The third kappa shape index (κ3) is 2.81. The third-order valence-electron chi connectivity index (χ3n) is 5.08. The van der Waals surface area contributed by atoms with Gasteiger partial charge in [0.25, 0.3) is 0 Å². The van der Waals surface area contributed by atoms with Gasteiger partial charge in [0.05, 0.1) is 31.6 Å². The quantitative estimate of drug-likeness (QED) is 0.636. The number of hydrogen-bond acceptors (Lipinski definition) is 6. The lowest BCUT2D eigenvalue weighted by Crippen LogP contribution is -2.22. The van der Waals surface area contributed by atoms with Gasteiger partial charge in [0.1, 0.15) is 28.9 Å². The third-order valence-corrected chi connectivity index (χ3v) is 5.08. The van der Waals surface area contributed by atoms with Crippen LogP contribution in [0.25, 0.3) is 11.0 Å². The van der Waals surface area contributed by atoms with Gasteiger partial charge in [0.2, 0.25) is 0 Å². The van der Waals surface area contributed by atoms with Crippen LogP contribution in [0.2, 0.25) is 0 Å². The molecule has 0 bridgehead atoms. The summed E-state index contributed by atoms with van der Waals surface area (Å²) in [5, 5.41) is 0.639. The highest BCUT2D eigenvalue weighted by Crippen LogP contribution is 2.44. The first-order valence-corrected chi connectivity index (χ1v) is 8.92. The van der Waals surface area contributed by atoms with E-state index in [0.717, 1.165) is 11.1 Å². The molecule has 1 aromatic heterocycles. The Balaban J connectivity index is 1.93. The number of benzene rings is 2. The highest BCUT2D eigenvalue weighted by Gasteiger charge is 2.33. The van der Waals surface area contributed by atoms with E-state index in [-0.39, 0.29) is 12.2 Å². The lowest BCUT2D eigenvalue weighted by atomic mass is 9.90. The highest BCUT2D eigenvalue weighted by atomic mass is 16.5. The molecular formula is C22H20O6.